The second-order valence-corrected chi connectivity index (χ2v) is 10.7. The molecule has 9 rings (SSSR count). The Morgan fingerprint density at radius 3 is 2.05 bits per heavy atom. The summed E-state index contributed by atoms with van der Waals surface area (Å²) in [6, 6.07) is 41.7. The Labute approximate surface area is 246 Å². The molecule has 6 aromatic carbocycles. The maximum absolute atomic E-state index is 6.19. The molecule has 0 fully saturated rings. The standard InChI is InChI=1S/C38H22N4O/c1-2-9-24-20-26(17-16-23(24)8-1)36-40-37(30-14-7-15-34-35(30)32-22-39-19-18-33(32)43-34)42-38(41-36)31-21-25-10-3-4-11-27(25)28-12-5-6-13-29(28)31/h1-22H. The van der Waals surface area contributed by atoms with Crippen LogP contribution in [0.5, 0.6) is 0 Å². The molecule has 0 amide bonds. The summed E-state index contributed by atoms with van der Waals surface area (Å²) >= 11 is 0. The Kier molecular flexibility index (Phi) is 5.13. The second-order valence-electron chi connectivity index (χ2n) is 10.7. The van der Waals surface area contributed by atoms with E-state index in [2.05, 4.69) is 102 Å². The molecule has 0 aliphatic rings. The number of nitrogens with zero attached hydrogens (tertiary/aromatic N) is 4. The van der Waals surface area contributed by atoms with Gasteiger partial charge < -0.3 is 4.42 Å². The second kappa shape index (κ2) is 9.29. The molecule has 0 atom stereocenters. The molecule has 0 aliphatic carbocycles. The average Bonchev–Trinajstić information content (AvgIpc) is 3.46. The lowest BCUT2D eigenvalue weighted by atomic mass is 9.96. The first-order chi connectivity index (χ1) is 21.3. The molecule has 200 valence electrons. The number of rotatable bonds is 3. The molecule has 9 aromatic rings. The van der Waals surface area contributed by atoms with Crippen molar-refractivity contribution in [3.8, 4) is 34.2 Å². The Hall–Kier alpha value is -5.94. The van der Waals surface area contributed by atoms with Crippen molar-refractivity contribution in [3.05, 3.63) is 134 Å². The Bertz CT molecular complexity index is 2530. The molecular formula is C38H22N4O. The van der Waals surface area contributed by atoms with Crippen LogP contribution in [-0.4, -0.2) is 19.9 Å². The molecular weight excluding hydrogens is 528 g/mol. The number of fused-ring (bicyclic) bond motifs is 7. The predicted octanol–water partition coefficient (Wildman–Crippen LogP) is 9.63. The minimum absolute atomic E-state index is 0.586. The smallest absolute Gasteiger partial charge is 0.164 e. The highest BCUT2D eigenvalue weighted by molar-refractivity contribution is 6.14. The average molecular weight is 551 g/mol. The normalized spacial score (nSPS) is 11.7. The lowest BCUT2D eigenvalue weighted by Crippen LogP contribution is -2.01. The van der Waals surface area contributed by atoms with Gasteiger partial charge in [-0.1, -0.05) is 97.1 Å². The summed E-state index contributed by atoms with van der Waals surface area (Å²) in [7, 11) is 0. The quantitative estimate of drug-likeness (QED) is 0.205. The number of aromatic nitrogens is 4. The van der Waals surface area contributed by atoms with Gasteiger partial charge in [0, 0.05) is 39.9 Å². The van der Waals surface area contributed by atoms with Crippen LogP contribution in [0.4, 0.5) is 0 Å². The van der Waals surface area contributed by atoms with E-state index in [1.807, 2.05) is 30.5 Å². The minimum atomic E-state index is 0.586. The van der Waals surface area contributed by atoms with Crippen molar-refractivity contribution in [2.75, 3.05) is 0 Å². The molecule has 0 aliphatic heterocycles. The van der Waals surface area contributed by atoms with E-state index < -0.39 is 0 Å². The topological polar surface area (TPSA) is 64.7 Å². The largest absolute Gasteiger partial charge is 0.456 e. The van der Waals surface area contributed by atoms with Gasteiger partial charge in [0.2, 0.25) is 0 Å². The highest BCUT2D eigenvalue weighted by atomic mass is 16.3. The lowest BCUT2D eigenvalue weighted by Gasteiger charge is -2.13. The van der Waals surface area contributed by atoms with Gasteiger partial charge in [-0.25, -0.2) is 15.0 Å². The molecule has 0 saturated heterocycles. The minimum Gasteiger partial charge on any atom is -0.456 e. The molecule has 5 nitrogen and oxygen atoms in total. The zero-order chi connectivity index (χ0) is 28.3. The zero-order valence-corrected chi connectivity index (χ0v) is 22.9. The van der Waals surface area contributed by atoms with Crippen LogP contribution in [0.3, 0.4) is 0 Å². The van der Waals surface area contributed by atoms with Crippen molar-refractivity contribution < 1.29 is 4.42 Å². The Balaban J connectivity index is 1.37. The fourth-order valence-electron chi connectivity index (χ4n) is 6.17. The van der Waals surface area contributed by atoms with Gasteiger partial charge in [0.1, 0.15) is 11.2 Å². The molecule has 5 heteroatoms. The van der Waals surface area contributed by atoms with Gasteiger partial charge >= 0.3 is 0 Å². The van der Waals surface area contributed by atoms with Gasteiger partial charge in [0.25, 0.3) is 0 Å². The molecule has 3 heterocycles. The third-order valence-electron chi connectivity index (χ3n) is 8.19. The fraction of sp³-hybridized carbons (Fsp3) is 0. The summed E-state index contributed by atoms with van der Waals surface area (Å²) in [4.78, 5) is 19.8. The van der Waals surface area contributed by atoms with Gasteiger partial charge in [0.15, 0.2) is 17.5 Å². The van der Waals surface area contributed by atoms with E-state index in [0.717, 1.165) is 54.8 Å². The molecule has 0 radical (unpaired) electrons. The molecule has 0 N–H and O–H groups in total. The third-order valence-corrected chi connectivity index (χ3v) is 8.19. The van der Waals surface area contributed by atoms with Crippen LogP contribution >= 0.6 is 0 Å². The SMILES string of the molecule is c1ccc2cc(-c3nc(-c4cc5ccccc5c5ccccc45)nc(-c4cccc5oc6ccncc6c45)n3)ccc2c1. The molecule has 43 heavy (non-hydrogen) atoms. The molecule has 3 aromatic heterocycles. The van der Waals surface area contributed by atoms with E-state index in [1.165, 1.54) is 16.2 Å². The summed E-state index contributed by atoms with van der Waals surface area (Å²) in [5.74, 6) is 1.83. The first-order valence-corrected chi connectivity index (χ1v) is 14.2. The van der Waals surface area contributed by atoms with Crippen molar-refractivity contribution >= 4 is 54.3 Å². The Morgan fingerprint density at radius 2 is 1.16 bits per heavy atom. The van der Waals surface area contributed by atoms with Gasteiger partial charge in [-0.2, -0.15) is 0 Å². The van der Waals surface area contributed by atoms with Crippen LogP contribution < -0.4 is 0 Å². The van der Waals surface area contributed by atoms with Gasteiger partial charge in [0.05, 0.1) is 0 Å². The fourth-order valence-corrected chi connectivity index (χ4v) is 6.17. The lowest BCUT2D eigenvalue weighted by molar-refractivity contribution is 0.668. The van der Waals surface area contributed by atoms with Crippen molar-refractivity contribution in [1.82, 2.24) is 19.9 Å². The summed E-state index contributed by atoms with van der Waals surface area (Å²) < 4.78 is 6.19. The summed E-state index contributed by atoms with van der Waals surface area (Å²) in [5, 5.41) is 8.77. The van der Waals surface area contributed by atoms with Crippen molar-refractivity contribution in [3.63, 3.8) is 0 Å². The number of pyridine rings is 1. The number of furan rings is 1. The first-order valence-electron chi connectivity index (χ1n) is 14.2. The van der Waals surface area contributed by atoms with E-state index in [0.29, 0.717) is 17.5 Å². The van der Waals surface area contributed by atoms with E-state index in [1.54, 1.807) is 6.20 Å². The predicted molar refractivity (Wildman–Crippen MR) is 174 cm³/mol. The molecule has 0 bridgehead atoms. The number of hydrogen-bond donors (Lipinski definition) is 0. The van der Waals surface area contributed by atoms with E-state index in [9.17, 15) is 0 Å². The van der Waals surface area contributed by atoms with Crippen LogP contribution in [0.1, 0.15) is 0 Å². The van der Waals surface area contributed by atoms with Crippen molar-refractivity contribution in [2.45, 2.75) is 0 Å². The summed E-state index contributed by atoms with van der Waals surface area (Å²) in [6.45, 7) is 0. The van der Waals surface area contributed by atoms with Crippen LogP contribution in [0.25, 0.3) is 88.4 Å². The van der Waals surface area contributed by atoms with Gasteiger partial charge in [-0.15, -0.1) is 0 Å². The summed E-state index contributed by atoms with van der Waals surface area (Å²) in [6.07, 6.45) is 3.59. The van der Waals surface area contributed by atoms with E-state index in [4.69, 9.17) is 19.4 Å². The highest BCUT2D eigenvalue weighted by Crippen LogP contribution is 2.38. The third kappa shape index (κ3) is 3.79. The zero-order valence-electron chi connectivity index (χ0n) is 22.9. The van der Waals surface area contributed by atoms with Crippen molar-refractivity contribution in [2.24, 2.45) is 0 Å². The van der Waals surface area contributed by atoms with Crippen LogP contribution in [0.15, 0.2) is 138 Å². The first kappa shape index (κ1) is 23.7. The maximum Gasteiger partial charge on any atom is 0.164 e. The van der Waals surface area contributed by atoms with Gasteiger partial charge in [-0.05, 0) is 56.6 Å². The van der Waals surface area contributed by atoms with E-state index in [-0.39, 0.29) is 0 Å². The maximum atomic E-state index is 6.19. The van der Waals surface area contributed by atoms with Crippen LogP contribution in [0, 0.1) is 0 Å². The number of hydrogen-bond acceptors (Lipinski definition) is 5. The Morgan fingerprint density at radius 1 is 0.442 bits per heavy atom. The summed E-state index contributed by atoms with van der Waals surface area (Å²) in [5.41, 5.74) is 4.32. The molecule has 0 unspecified atom stereocenters. The monoisotopic (exact) mass is 550 g/mol. The highest BCUT2D eigenvalue weighted by Gasteiger charge is 2.19. The van der Waals surface area contributed by atoms with Crippen LogP contribution in [0.2, 0.25) is 0 Å². The number of benzene rings is 6. The van der Waals surface area contributed by atoms with E-state index >= 15 is 0 Å². The van der Waals surface area contributed by atoms with Crippen molar-refractivity contribution in [1.29, 1.82) is 0 Å². The van der Waals surface area contributed by atoms with Gasteiger partial charge in [-0.3, -0.25) is 4.98 Å². The molecule has 0 spiro atoms. The molecule has 0 saturated carbocycles. The van der Waals surface area contributed by atoms with Crippen LogP contribution in [-0.2, 0) is 0 Å².